The van der Waals surface area contributed by atoms with Gasteiger partial charge in [0.25, 0.3) is 0 Å². The van der Waals surface area contributed by atoms with Gasteiger partial charge in [0.05, 0.1) is 6.42 Å². The highest BCUT2D eigenvalue weighted by Crippen LogP contribution is 2.22. The number of halogens is 1. The largest absolute Gasteiger partial charge is 0.361 e. The molecule has 0 fully saturated rings. The molecule has 0 bridgehead atoms. The highest BCUT2D eigenvalue weighted by Gasteiger charge is 2.08. The Labute approximate surface area is 134 Å². The van der Waals surface area contributed by atoms with Gasteiger partial charge in [-0.05, 0) is 29.7 Å². The van der Waals surface area contributed by atoms with E-state index in [2.05, 4.69) is 22.4 Å². The van der Waals surface area contributed by atoms with Gasteiger partial charge in [0, 0.05) is 28.7 Å². The molecule has 0 aliphatic heterocycles. The molecule has 0 radical (unpaired) electrons. The highest BCUT2D eigenvalue weighted by atomic mass is 35.5. The fraction of sp³-hybridized carbons (Fsp3) is 0.167. The Balaban J connectivity index is 1.57. The molecule has 0 aliphatic carbocycles. The van der Waals surface area contributed by atoms with E-state index in [9.17, 15) is 4.79 Å². The number of aromatic nitrogens is 1. The van der Waals surface area contributed by atoms with E-state index in [-0.39, 0.29) is 5.91 Å². The lowest BCUT2D eigenvalue weighted by atomic mass is 10.1. The van der Waals surface area contributed by atoms with Crippen molar-refractivity contribution in [2.24, 2.45) is 0 Å². The number of rotatable bonds is 5. The third-order valence-corrected chi connectivity index (χ3v) is 3.89. The second-order valence-corrected chi connectivity index (χ2v) is 5.70. The van der Waals surface area contributed by atoms with E-state index in [1.165, 1.54) is 5.56 Å². The average molecular weight is 313 g/mol. The Morgan fingerprint density at radius 3 is 2.77 bits per heavy atom. The summed E-state index contributed by atoms with van der Waals surface area (Å²) in [6, 6.07) is 15.8. The van der Waals surface area contributed by atoms with Crippen molar-refractivity contribution in [3.63, 3.8) is 0 Å². The summed E-state index contributed by atoms with van der Waals surface area (Å²) in [6.45, 7) is 0.650. The molecule has 3 aromatic rings. The number of H-pyrrole nitrogens is 1. The molecule has 3 nitrogen and oxygen atoms in total. The van der Waals surface area contributed by atoms with Gasteiger partial charge in [0.15, 0.2) is 0 Å². The average Bonchev–Trinajstić information content (AvgIpc) is 2.90. The van der Waals surface area contributed by atoms with Crippen LogP contribution in [0.2, 0.25) is 5.02 Å². The molecule has 0 spiro atoms. The molecule has 0 atom stereocenters. The van der Waals surface area contributed by atoms with Crippen LogP contribution in [0.3, 0.4) is 0 Å². The van der Waals surface area contributed by atoms with Crippen LogP contribution in [0.1, 0.15) is 11.1 Å². The molecule has 1 aromatic heterocycles. The molecule has 4 heteroatoms. The third-order valence-electron chi connectivity index (χ3n) is 3.66. The van der Waals surface area contributed by atoms with Gasteiger partial charge < -0.3 is 10.3 Å². The van der Waals surface area contributed by atoms with E-state index in [1.807, 2.05) is 42.6 Å². The minimum atomic E-state index is 0.0341. The van der Waals surface area contributed by atoms with E-state index in [4.69, 9.17) is 11.6 Å². The Morgan fingerprint density at radius 2 is 1.95 bits per heavy atom. The topological polar surface area (TPSA) is 44.9 Å². The Hall–Kier alpha value is -2.26. The highest BCUT2D eigenvalue weighted by molar-refractivity contribution is 6.31. The maximum absolute atomic E-state index is 12.1. The number of benzene rings is 2. The molecule has 1 amide bonds. The monoisotopic (exact) mass is 312 g/mol. The van der Waals surface area contributed by atoms with Crippen molar-refractivity contribution in [3.8, 4) is 0 Å². The molecule has 22 heavy (non-hydrogen) atoms. The lowest BCUT2D eigenvalue weighted by Gasteiger charge is -2.05. The summed E-state index contributed by atoms with van der Waals surface area (Å²) in [6.07, 6.45) is 3.09. The van der Waals surface area contributed by atoms with E-state index in [0.29, 0.717) is 18.0 Å². The number of hydrogen-bond donors (Lipinski definition) is 2. The number of hydrogen-bond acceptors (Lipinski definition) is 1. The van der Waals surface area contributed by atoms with E-state index in [1.54, 1.807) is 0 Å². The molecule has 0 aliphatic rings. The molecule has 0 saturated heterocycles. The van der Waals surface area contributed by atoms with Crippen LogP contribution in [0.25, 0.3) is 10.9 Å². The van der Waals surface area contributed by atoms with Gasteiger partial charge in [-0.3, -0.25) is 4.79 Å². The minimum Gasteiger partial charge on any atom is -0.361 e. The van der Waals surface area contributed by atoms with Crippen molar-refractivity contribution in [2.45, 2.75) is 12.8 Å². The predicted octanol–water partition coefficient (Wildman–Crippen LogP) is 3.72. The number of aromatic amines is 1. The second-order valence-electron chi connectivity index (χ2n) is 5.27. The third kappa shape index (κ3) is 3.49. The number of carbonyl (C=O) groups excluding carboxylic acids is 1. The summed E-state index contributed by atoms with van der Waals surface area (Å²) in [5.41, 5.74) is 3.17. The quantitative estimate of drug-likeness (QED) is 0.741. The van der Waals surface area contributed by atoms with Crippen molar-refractivity contribution in [1.29, 1.82) is 0 Å². The molecular weight excluding hydrogens is 296 g/mol. The lowest BCUT2D eigenvalue weighted by molar-refractivity contribution is -0.120. The van der Waals surface area contributed by atoms with Crippen LogP contribution in [-0.2, 0) is 17.6 Å². The summed E-state index contributed by atoms with van der Waals surface area (Å²) in [4.78, 5) is 15.2. The molecule has 112 valence electrons. The van der Waals surface area contributed by atoms with E-state index >= 15 is 0 Å². The van der Waals surface area contributed by atoms with Crippen molar-refractivity contribution >= 4 is 28.4 Å². The first kappa shape index (κ1) is 14.7. The van der Waals surface area contributed by atoms with Crippen LogP contribution >= 0.6 is 11.6 Å². The number of fused-ring (bicyclic) bond motifs is 1. The predicted molar refractivity (Wildman–Crippen MR) is 90.2 cm³/mol. The minimum absolute atomic E-state index is 0.0341. The first-order chi connectivity index (χ1) is 10.7. The number of carbonyl (C=O) groups is 1. The van der Waals surface area contributed by atoms with Gasteiger partial charge >= 0.3 is 0 Å². The molecule has 2 N–H and O–H groups in total. The zero-order chi connectivity index (χ0) is 15.4. The smallest absolute Gasteiger partial charge is 0.224 e. The van der Waals surface area contributed by atoms with Gasteiger partial charge in [-0.2, -0.15) is 0 Å². The number of nitrogens with one attached hydrogen (secondary N) is 2. The standard InChI is InChI=1S/C18H17ClN2O/c19-15-6-7-16-14(12-21-17(16)11-15)10-18(22)20-9-8-13-4-2-1-3-5-13/h1-7,11-12,21H,8-10H2,(H,20,22). The van der Waals surface area contributed by atoms with Crippen LogP contribution in [0.15, 0.2) is 54.7 Å². The van der Waals surface area contributed by atoms with Crippen molar-refractivity contribution in [1.82, 2.24) is 10.3 Å². The fourth-order valence-corrected chi connectivity index (χ4v) is 2.70. The Bertz CT molecular complexity index is 780. The Morgan fingerprint density at radius 1 is 1.14 bits per heavy atom. The van der Waals surface area contributed by atoms with Crippen LogP contribution in [-0.4, -0.2) is 17.4 Å². The summed E-state index contributed by atoms with van der Waals surface area (Å²) in [7, 11) is 0. The van der Waals surface area contributed by atoms with Crippen molar-refractivity contribution in [2.75, 3.05) is 6.54 Å². The Kier molecular flexibility index (Phi) is 4.45. The van der Waals surface area contributed by atoms with Gasteiger partial charge in [-0.1, -0.05) is 48.0 Å². The molecule has 0 saturated carbocycles. The second kappa shape index (κ2) is 6.67. The zero-order valence-corrected chi connectivity index (χ0v) is 12.9. The van der Waals surface area contributed by atoms with Crippen LogP contribution in [0.4, 0.5) is 0 Å². The van der Waals surface area contributed by atoms with Crippen molar-refractivity contribution < 1.29 is 4.79 Å². The number of amides is 1. The van der Waals surface area contributed by atoms with Crippen molar-refractivity contribution in [3.05, 3.63) is 70.9 Å². The first-order valence-corrected chi connectivity index (χ1v) is 7.66. The molecule has 2 aromatic carbocycles. The molecule has 0 unspecified atom stereocenters. The molecule has 3 rings (SSSR count). The summed E-state index contributed by atoms with van der Waals surface area (Å²) < 4.78 is 0. The maximum Gasteiger partial charge on any atom is 0.224 e. The lowest BCUT2D eigenvalue weighted by Crippen LogP contribution is -2.27. The summed E-state index contributed by atoms with van der Waals surface area (Å²) >= 11 is 5.96. The van der Waals surface area contributed by atoms with Gasteiger partial charge in [0.2, 0.25) is 5.91 Å². The van der Waals surface area contributed by atoms with Crippen LogP contribution in [0, 0.1) is 0 Å². The fourth-order valence-electron chi connectivity index (χ4n) is 2.53. The van der Waals surface area contributed by atoms with E-state index < -0.39 is 0 Å². The van der Waals surface area contributed by atoms with Gasteiger partial charge in [-0.15, -0.1) is 0 Å². The van der Waals surface area contributed by atoms with Crippen LogP contribution < -0.4 is 5.32 Å². The maximum atomic E-state index is 12.1. The van der Waals surface area contributed by atoms with E-state index in [0.717, 1.165) is 22.9 Å². The SMILES string of the molecule is O=C(Cc1c[nH]c2cc(Cl)ccc12)NCCc1ccccc1. The first-order valence-electron chi connectivity index (χ1n) is 7.28. The molecule has 1 heterocycles. The van der Waals surface area contributed by atoms with Gasteiger partial charge in [0.1, 0.15) is 0 Å². The van der Waals surface area contributed by atoms with Crippen LogP contribution in [0.5, 0.6) is 0 Å². The normalized spacial score (nSPS) is 10.8. The molecular formula is C18H17ClN2O. The zero-order valence-electron chi connectivity index (χ0n) is 12.1. The summed E-state index contributed by atoms with van der Waals surface area (Å²) in [5, 5.41) is 4.70. The summed E-state index contributed by atoms with van der Waals surface area (Å²) in [5.74, 6) is 0.0341. The van der Waals surface area contributed by atoms with Gasteiger partial charge in [-0.25, -0.2) is 0 Å².